The highest BCUT2D eigenvalue weighted by atomic mass is 16.1. The average Bonchev–Trinajstić information content (AvgIpc) is 2.85. The normalized spacial score (nSPS) is 16.2. The molecule has 3 rings (SSSR count). The molecule has 208 valence electrons. The number of hydrogen-bond acceptors (Lipinski definition) is 3. The van der Waals surface area contributed by atoms with Crippen LogP contribution in [0, 0.1) is 31.6 Å². The summed E-state index contributed by atoms with van der Waals surface area (Å²) in [6, 6.07) is 10.9. The van der Waals surface area contributed by atoms with Gasteiger partial charge in [-0.15, -0.1) is 0 Å². The molecule has 0 amide bonds. The van der Waals surface area contributed by atoms with Crippen molar-refractivity contribution in [2.45, 2.75) is 113 Å². The molecule has 2 aromatic rings. The molecule has 1 aliphatic carbocycles. The van der Waals surface area contributed by atoms with Crippen LogP contribution < -0.4 is 0 Å². The summed E-state index contributed by atoms with van der Waals surface area (Å²) < 4.78 is 0. The fourth-order valence-electron chi connectivity index (χ4n) is 6.21. The molecule has 0 aromatic heterocycles. The van der Waals surface area contributed by atoms with Crippen LogP contribution in [0.2, 0.25) is 0 Å². The second kappa shape index (κ2) is 15.1. The first-order chi connectivity index (χ1) is 18.1. The van der Waals surface area contributed by atoms with Crippen LogP contribution in [0.4, 0.5) is 0 Å². The number of fused-ring (bicyclic) bond motifs is 1. The minimum Gasteiger partial charge on any atom is -0.300 e. The lowest BCUT2D eigenvalue weighted by molar-refractivity contribution is -0.129. The van der Waals surface area contributed by atoms with Gasteiger partial charge < -0.3 is 0 Å². The van der Waals surface area contributed by atoms with Crippen LogP contribution >= 0.6 is 0 Å². The lowest BCUT2D eigenvalue weighted by Gasteiger charge is -2.33. The van der Waals surface area contributed by atoms with Crippen LogP contribution in [0.3, 0.4) is 0 Å². The van der Waals surface area contributed by atoms with Gasteiger partial charge in [0.2, 0.25) is 0 Å². The van der Waals surface area contributed by atoms with E-state index < -0.39 is 0 Å². The van der Waals surface area contributed by atoms with E-state index in [0.717, 1.165) is 49.7 Å². The number of Topliss-reactive ketones (excluding diaryl/α,β-unsaturated/α-hetero) is 3. The van der Waals surface area contributed by atoms with Gasteiger partial charge in [0, 0.05) is 17.9 Å². The molecule has 3 heteroatoms. The Morgan fingerprint density at radius 3 is 2.13 bits per heavy atom. The van der Waals surface area contributed by atoms with E-state index in [-0.39, 0.29) is 41.5 Å². The molecular formula is C35H50O3. The monoisotopic (exact) mass is 518 g/mol. The van der Waals surface area contributed by atoms with E-state index in [4.69, 9.17) is 0 Å². The van der Waals surface area contributed by atoms with Crippen molar-refractivity contribution in [3.8, 4) is 11.1 Å². The van der Waals surface area contributed by atoms with Gasteiger partial charge in [0.1, 0.15) is 11.6 Å². The minimum atomic E-state index is -0.101. The fraction of sp³-hybridized carbons (Fsp3) is 0.571. The SMILES string of the molecule is CCC.CCCC(CC1CC(=O)c2c(C)c(CC)cc(-c3ccc(C)cc3)c2C1)C(CC)C(=O)CC(C)=O. The Kier molecular flexibility index (Phi) is 12.6. The first-order valence-corrected chi connectivity index (χ1v) is 14.9. The maximum absolute atomic E-state index is 13.6. The number of benzene rings is 2. The zero-order valence-electron chi connectivity index (χ0n) is 25.2. The summed E-state index contributed by atoms with van der Waals surface area (Å²) in [4.78, 5) is 38.1. The number of carbonyl (C=O) groups is 3. The van der Waals surface area contributed by atoms with Gasteiger partial charge in [-0.05, 0) is 86.1 Å². The van der Waals surface area contributed by atoms with Crippen LogP contribution in [0.1, 0.15) is 119 Å². The van der Waals surface area contributed by atoms with Crippen LogP contribution in [0.25, 0.3) is 11.1 Å². The third-order valence-corrected chi connectivity index (χ3v) is 7.93. The molecule has 0 bridgehead atoms. The van der Waals surface area contributed by atoms with Crippen molar-refractivity contribution in [1.29, 1.82) is 0 Å². The van der Waals surface area contributed by atoms with E-state index in [0.29, 0.717) is 6.42 Å². The molecule has 3 atom stereocenters. The van der Waals surface area contributed by atoms with Gasteiger partial charge in [-0.25, -0.2) is 0 Å². The average molecular weight is 519 g/mol. The van der Waals surface area contributed by atoms with E-state index in [1.807, 2.05) is 0 Å². The molecule has 0 saturated heterocycles. The number of aryl methyl sites for hydroxylation is 2. The molecular weight excluding hydrogens is 468 g/mol. The summed E-state index contributed by atoms with van der Waals surface area (Å²) in [6.45, 7) is 16.3. The van der Waals surface area contributed by atoms with E-state index in [9.17, 15) is 14.4 Å². The predicted octanol–water partition coefficient (Wildman–Crippen LogP) is 9.08. The maximum Gasteiger partial charge on any atom is 0.163 e. The summed E-state index contributed by atoms with van der Waals surface area (Å²) in [5, 5.41) is 0. The van der Waals surface area contributed by atoms with E-state index in [2.05, 4.69) is 78.8 Å². The topological polar surface area (TPSA) is 51.2 Å². The van der Waals surface area contributed by atoms with Gasteiger partial charge in [-0.3, -0.25) is 14.4 Å². The first-order valence-electron chi connectivity index (χ1n) is 14.9. The van der Waals surface area contributed by atoms with Gasteiger partial charge in [-0.2, -0.15) is 0 Å². The van der Waals surface area contributed by atoms with Crippen molar-refractivity contribution < 1.29 is 14.4 Å². The predicted molar refractivity (Wildman–Crippen MR) is 160 cm³/mol. The highest BCUT2D eigenvalue weighted by molar-refractivity contribution is 6.02. The summed E-state index contributed by atoms with van der Waals surface area (Å²) in [5.74, 6) is 0.601. The Hall–Kier alpha value is -2.55. The number of hydrogen-bond donors (Lipinski definition) is 0. The fourth-order valence-corrected chi connectivity index (χ4v) is 6.21. The van der Waals surface area contributed by atoms with Gasteiger partial charge in [0.15, 0.2) is 5.78 Å². The zero-order chi connectivity index (χ0) is 28.4. The van der Waals surface area contributed by atoms with Crippen molar-refractivity contribution in [3.05, 3.63) is 58.1 Å². The van der Waals surface area contributed by atoms with E-state index in [1.54, 1.807) is 0 Å². The van der Waals surface area contributed by atoms with Gasteiger partial charge in [-0.1, -0.05) is 89.8 Å². The van der Waals surface area contributed by atoms with E-state index in [1.165, 1.54) is 41.2 Å². The Morgan fingerprint density at radius 2 is 1.61 bits per heavy atom. The summed E-state index contributed by atoms with van der Waals surface area (Å²) in [6.07, 6.45) is 7.17. The van der Waals surface area contributed by atoms with Crippen LogP contribution in [0.5, 0.6) is 0 Å². The maximum atomic E-state index is 13.6. The smallest absolute Gasteiger partial charge is 0.163 e. The molecule has 38 heavy (non-hydrogen) atoms. The number of rotatable bonds is 11. The molecule has 0 saturated carbocycles. The minimum absolute atomic E-state index is 0.0295. The molecule has 1 aliphatic rings. The van der Waals surface area contributed by atoms with E-state index >= 15 is 0 Å². The highest BCUT2D eigenvalue weighted by Gasteiger charge is 2.34. The van der Waals surface area contributed by atoms with Gasteiger partial charge >= 0.3 is 0 Å². The quantitative estimate of drug-likeness (QED) is 0.279. The lowest BCUT2D eigenvalue weighted by atomic mass is 9.70. The molecule has 3 nitrogen and oxygen atoms in total. The van der Waals surface area contributed by atoms with Crippen LogP contribution in [-0.2, 0) is 22.4 Å². The first kappa shape index (κ1) is 31.7. The van der Waals surface area contributed by atoms with Crippen molar-refractivity contribution in [2.75, 3.05) is 0 Å². The molecule has 0 radical (unpaired) electrons. The summed E-state index contributed by atoms with van der Waals surface area (Å²) in [7, 11) is 0. The zero-order valence-corrected chi connectivity index (χ0v) is 25.2. The Morgan fingerprint density at radius 1 is 0.974 bits per heavy atom. The van der Waals surface area contributed by atoms with Gasteiger partial charge in [0.05, 0.1) is 6.42 Å². The second-order valence-corrected chi connectivity index (χ2v) is 11.3. The number of carbonyl (C=O) groups excluding carboxylic acids is 3. The van der Waals surface area contributed by atoms with Crippen molar-refractivity contribution in [3.63, 3.8) is 0 Å². The van der Waals surface area contributed by atoms with Crippen LogP contribution in [-0.4, -0.2) is 17.3 Å². The van der Waals surface area contributed by atoms with Crippen molar-refractivity contribution in [2.24, 2.45) is 17.8 Å². The largest absolute Gasteiger partial charge is 0.300 e. The second-order valence-electron chi connectivity index (χ2n) is 11.3. The Bertz CT molecular complexity index is 1090. The number of ketones is 3. The molecule has 0 N–H and O–H groups in total. The Labute approximate surface area is 231 Å². The lowest BCUT2D eigenvalue weighted by Crippen LogP contribution is -2.30. The third kappa shape index (κ3) is 7.98. The summed E-state index contributed by atoms with van der Waals surface area (Å²) in [5.41, 5.74) is 8.08. The van der Waals surface area contributed by atoms with Crippen LogP contribution in [0.15, 0.2) is 30.3 Å². The molecule has 2 aromatic carbocycles. The summed E-state index contributed by atoms with van der Waals surface area (Å²) >= 11 is 0. The third-order valence-electron chi connectivity index (χ3n) is 7.93. The molecule has 0 spiro atoms. The molecule has 0 aliphatic heterocycles. The van der Waals surface area contributed by atoms with Crippen molar-refractivity contribution in [1.82, 2.24) is 0 Å². The van der Waals surface area contributed by atoms with Crippen molar-refractivity contribution >= 4 is 17.3 Å². The highest BCUT2D eigenvalue weighted by Crippen LogP contribution is 2.41. The van der Waals surface area contributed by atoms with Gasteiger partial charge in [0.25, 0.3) is 0 Å². The Balaban J connectivity index is 0.00000161. The molecule has 3 unspecified atom stereocenters. The standard InChI is InChI=1S/C32H42O3.C3H8/c1-7-10-26(27(9-3)30(34)15-21(5)33)16-23-17-29-28(25-13-11-20(4)12-14-25)19-24(8-2)22(6)32(29)31(35)18-23;1-3-2/h11-14,19,23,26-27H,7-10,15-18H2,1-6H3;3H2,1-2H3. The molecule has 0 heterocycles. The molecule has 0 fully saturated rings.